The minimum absolute atomic E-state index is 0.0597. The zero-order valence-electron chi connectivity index (χ0n) is 15.4. The molecule has 2 amide bonds. The number of imide groups is 1. The number of thiophene rings is 1. The number of halogens is 3. The number of anilines is 2. The Morgan fingerprint density at radius 2 is 1.83 bits per heavy atom. The molecule has 4 rings (SSSR count). The predicted molar refractivity (Wildman–Crippen MR) is 112 cm³/mol. The second-order valence-corrected chi connectivity index (χ2v) is 7.63. The van der Waals surface area contributed by atoms with E-state index < -0.39 is 23.4 Å². The standard InChI is InChI=1S/C21H13ClF2N2O3S/c1-29-16-7-4-11(22)9-15(16)26-20(27)18(17-3-2-8-30-17)19(21(26)28)25-12-5-6-13(23)14(24)10-12/h2-10,25H,1H3. The van der Waals surface area contributed by atoms with Crippen LogP contribution in [0.3, 0.4) is 0 Å². The summed E-state index contributed by atoms with van der Waals surface area (Å²) < 4.78 is 32.2. The van der Waals surface area contributed by atoms with E-state index in [0.29, 0.717) is 9.90 Å². The topological polar surface area (TPSA) is 58.6 Å². The third-order valence-electron chi connectivity index (χ3n) is 4.42. The van der Waals surface area contributed by atoms with Gasteiger partial charge in [0.2, 0.25) is 0 Å². The van der Waals surface area contributed by atoms with Crippen LogP contribution in [0, 0.1) is 11.6 Å². The van der Waals surface area contributed by atoms with Gasteiger partial charge in [0.05, 0.1) is 18.4 Å². The van der Waals surface area contributed by atoms with Crippen LogP contribution >= 0.6 is 22.9 Å². The van der Waals surface area contributed by atoms with Crippen LogP contribution in [0.15, 0.2) is 59.6 Å². The monoisotopic (exact) mass is 446 g/mol. The maximum absolute atomic E-state index is 13.7. The number of benzene rings is 2. The molecule has 3 aromatic rings. The van der Waals surface area contributed by atoms with E-state index in [1.54, 1.807) is 29.6 Å². The van der Waals surface area contributed by atoms with Crippen molar-refractivity contribution in [3.05, 3.63) is 81.1 Å². The van der Waals surface area contributed by atoms with Crippen molar-refractivity contribution < 1.29 is 23.1 Å². The molecule has 9 heteroatoms. The fourth-order valence-corrected chi connectivity index (χ4v) is 4.00. The average Bonchev–Trinajstić information content (AvgIpc) is 3.32. The molecule has 0 unspecified atom stereocenters. The fourth-order valence-electron chi connectivity index (χ4n) is 3.07. The first-order valence-corrected chi connectivity index (χ1v) is 9.89. The molecule has 0 saturated heterocycles. The van der Waals surface area contributed by atoms with Gasteiger partial charge in [0.25, 0.3) is 11.8 Å². The van der Waals surface area contributed by atoms with Crippen molar-refractivity contribution in [3.8, 4) is 5.75 Å². The van der Waals surface area contributed by atoms with Gasteiger partial charge in [-0.2, -0.15) is 0 Å². The van der Waals surface area contributed by atoms with Crippen molar-refractivity contribution in [2.24, 2.45) is 0 Å². The molecule has 1 aliphatic heterocycles. The Morgan fingerprint density at radius 3 is 2.50 bits per heavy atom. The van der Waals surface area contributed by atoms with Gasteiger partial charge >= 0.3 is 0 Å². The third-order valence-corrected chi connectivity index (χ3v) is 5.54. The number of nitrogens with one attached hydrogen (secondary N) is 1. The lowest BCUT2D eigenvalue weighted by molar-refractivity contribution is -0.120. The van der Waals surface area contributed by atoms with E-state index in [2.05, 4.69) is 5.32 Å². The summed E-state index contributed by atoms with van der Waals surface area (Å²) >= 11 is 7.34. The molecule has 2 aromatic carbocycles. The van der Waals surface area contributed by atoms with Crippen molar-refractivity contribution in [3.63, 3.8) is 0 Å². The quantitative estimate of drug-likeness (QED) is 0.555. The van der Waals surface area contributed by atoms with Gasteiger partial charge in [-0.05, 0) is 41.8 Å². The number of methoxy groups -OCH3 is 1. The SMILES string of the molecule is COc1ccc(Cl)cc1N1C(=O)C(Nc2ccc(F)c(F)c2)=C(c2cccs2)C1=O. The molecule has 0 atom stereocenters. The van der Waals surface area contributed by atoms with Crippen LogP contribution in [-0.2, 0) is 9.59 Å². The van der Waals surface area contributed by atoms with Crippen molar-refractivity contribution in [2.75, 3.05) is 17.3 Å². The Labute approximate surface area is 179 Å². The van der Waals surface area contributed by atoms with Crippen LogP contribution in [-0.4, -0.2) is 18.9 Å². The van der Waals surface area contributed by atoms with Crippen molar-refractivity contribution in [1.82, 2.24) is 0 Å². The Bertz CT molecular complexity index is 1190. The van der Waals surface area contributed by atoms with E-state index in [4.69, 9.17) is 16.3 Å². The molecular weight excluding hydrogens is 434 g/mol. The predicted octanol–water partition coefficient (Wildman–Crippen LogP) is 5.08. The molecule has 1 N–H and O–H groups in total. The molecule has 5 nitrogen and oxygen atoms in total. The zero-order chi connectivity index (χ0) is 21.4. The minimum Gasteiger partial charge on any atom is -0.495 e. The number of ether oxygens (including phenoxy) is 1. The van der Waals surface area contributed by atoms with Gasteiger partial charge in [0, 0.05) is 21.7 Å². The number of amides is 2. The lowest BCUT2D eigenvalue weighted by Gasteiger charge is -2.18. The van der Waals surface area contributed by atoms with Gasteiger partial charge in [-0.3, -0.25) is 9.59 Å². The number of carbonyl (C=O) groups is 2. The highest BCUT2D eigenvalue weighted by Gasteiger charge is 2.42. The van der Waals surface area contributed by atoms with E-state index in [1.807, 2.05) is 0 Å². The summed E-state index contributed by atoms with van der Waals surface area (Å²) in [5.41, 5.74) is 0.354. The van der Waals surface area contributed by atoms with Gasteiger partial charge < -0.3 is 10.1 Å². The Balaban J connectivity index is 1.83. The van der Waals surface area contributed by atoms with Gasteiger partial charge in [-0.15, -0.1) is 11.3 Å². The first kappa shape index (κ1) is 20.1. The summed E-state index contributed by atoms with van der Waals surface area (Å²) in [7, 11) is 1.41. The summed E-state index contributed by atoms with van der Waals surface area (Å²) in [6, 6.07) is 11.1. The lowest BCUT2D eigenvalue weighted by atomic mass is 10.2. The van der Waals surface area contributed by atoms with Crippen molar-refractivity contribution in [2.45, 2.75) is 0 Å². The molecule has 0 spiro atoms. The van der Waals surface area contributed by atoms with E-state index >= 15 is 0 Å². The molecule has 0 aliphatic carbocycles. The molecule has 1 aliphatic rings. The highest BCUT2D eigenvalue weighted by atomic mass is 35.5. The molecule has 0 radical (unpaired) electrons. The number of hydrogen-bond acceptors (Lipinski definition) is 5. The van der Waals surface area contributed by atoms with Crippen LogP contribution in [0.2, 0.25) is 5.02 Å². The minimum atomic E-state index is -1.08. The van der Waals surface area contributed by atoms with E-state index in [1.165, 1.54) is 30.6 Å². The molecule has 152 valence electrons. The fraction of sp³-hybridized carbons (Fsp3) is 0.0476. The maximum atomic E-state index is 13.7. The van der Waals surface area contributed by atoms with E-state index in [0.717, 1.165) is 17.0 Å². The smallest absolute Gasteiger partial charge is 0.282 e. The number of carbonyl (C=O) groups excluding carboxylic acids is 2. The second-order valence-electron chi connectivity index (χ2n) is 6.24. The van der Waals surface area contributed by atoms with E-state index in [-0.39, 0.29) is 28.4 Å². The molecule has 0 fully saturated rings. The largest absolute Gasteiger partial charge is 0.495 e. The van der Waals surface area contributed by atoms with E-state index in [9.17, 15) is 18.4 Å². The number of hydrogen-bond donors (Lipinski definition) is 1. The first-order chi connectivity index (χ1) is 14.4. The van der Waals surface area contributed by atoms with Crippen LogP contribution in [0.1, 0.15) is 4.88 Å². The molecule has 0 bridgehead atoms. The zero-order valence-corrected chi connectivity index (χ0v) is 17.0. The highest BCUT2D eigenvalue weighted by molar-refractivity contribution is 7.11. The van der Waals surface area contributed by atoms with Crippen LogP contribution in [0.5, 0.6) is 5.75 Å². The maximum Gasteiger partial charge on any atom is 0.282 e. The number of rotatable bonds is 5. The summed E-state index contributed by atoms with van der Waals surface area (Å²) in [5.74, 6) is -3.09. The Kier molecular flexibility index (Phi) is 5.27. The van der Waals surface area contributed by atoms with Crippen molar-refractivity contribution in [1.29, 1.82) is 0 Å². The molecule has 2 heterocycles. The molecular formula is C21H13ClF2N2O3S. The van der Waals surface area contributed by atoms with Crippen molar-refractivity contribution >= 4 is 51.7 Å². The number of nitrogens with zero attached hydrogens (tertiary/aromatic N) is 1. The highest BCUT2D eigenvalue weighted by Crippen LogP contribution is 2.40. The van der Waals surface area contributed by atoms with Crippen LogP contribution < -0.4 is 15.0 Å². The molecule has 30 heavy (non-hydrogen) atoms. The summed E-state index contributed by atoms with van der Waals surface area (Å²) in [4.78, 5) is 28.1. The van der Waals surface area contributed by atoms with Crippen LogP contribution in [0.4, 0.5) is 20.2 Å². The molecule has 0 saturated carbocycles. The average molecular weight is 447 g/mol. The van der Waals surface area contributed by atoms with Gasteiger partial charge in [-0.25, -0.2) is 13.7 Å². The first-order valence-electron chi connectivity index (χ1n) is 8.63. The van der Waals surface area contributed by atoms with Gasteiger partial charge in [-0.1, -0.05) is 17.7 Å². The Morgan fingerprint density at radius 1 is 1.03 bits per heavy atom. The third kappa shape index (κ3) is 3.44. The van der Waals surface area contributed by atoms with Gasteiger partial charge in [0.1, 0.15) is 11.4 Å². The summed E-state index contributed by atoms with van der Waals surface area (Å²) in [6.45, 7) is 0. The van der Waals surface area contributed by atoms with Crippen LogP contribution in [0.25, 0.3) is 5.57 Å². The summed E-state index contributed by atoms with van der Waals surface area (Å²) in [5, 5.41) is 4.85. The Hall–Kier alpha value is -3.23. The second kappa shape index (κ2) is 7.89. The van der Waals surface area contributed by atoms with Gasteiger partial charge in [0.15, 0.2) is 11.6 Å². The molecule has 1 aromatic heterocycles. The lowest BCUT2D eigenvalue weighted by Crippen LogP contribution is -2.32. The summed E-state index contributed by atoms with van der Waals surface area (Å²) in [6.07, 6.45) is 0. The normalized spacial score (nSPS) is 13.9.